The fourth-order valence-corrected chi connectivity index (χ4v) is 2.64. The first kappa shape index (κ1) is 11.8. The normalized spacial score (nSPS) is 16.2. The Morgan fingerprint density at radius 1 is 1.32 bits per heavy atom. The number of aliphatic carboxylic acids is 1. The lowest BCUT2D eigenvalue weighted by Gasteiger charge is -2.17. The Kier molecular flexibility index (Phi) is 2.55. The quantitative estimate of drug-likeness (QED) is 0.782. The Morgan fingerprint density at radius 3 is 2.63 bits per heavy atom. The molecule has 1 aromatic carbocycles. The van der Waals surface area contributed by atoms with Crippen LogP contribution in [0.1, 0.15) is 24.8 Å². The largest absolute Gasteiger partial charge is 0.481 e. The van der Waals surface area contributed by atoms with E-state index in [4.69, 9.17) is 5.11 Å². The lowest BCUT2D eigenvalue weighted by atomic mass is 9.87. The van der Waals surface area contributed by atoms with E-state index in [0.29, 0.717) is 5.69 Å². The van der Waals surface area contributed by atoms with Crippen LogP contribution in [0.3, 0.4) is 0 Å². The zero-order valence-electron chi connectivity index (χ0n) is 10.3. The predicted octanol–water partition coefficient (Wildman–Crippen LogP) is 1.88. The summed E-state index contributed by atoms with van der Waals surface area (Å²) in [5.41, 5.74) is 2.09. The van der Waals surface area contributed by atoms with Crippen molar-refractivity contribution in [1.82, 2.24) is 9.97 Å². The Bertz CT molecular complexity index is 680. The molecule has 5 nitrogen and oxygen atoms in total. The average Bonchev–Trinajstić information content (AvgIpc) is 3.01. The number of carbonyl (C=O) groups is 1. The fourth-order valence-electron chi connectivity index (χ4n) is 2.64. The fraction of sp³-hybridized carbons (Fsp3) is 0.286. The number of rotatable bonds is 4. The maximum atomic E-state index is 11.2. The Morgan fingerprint density at radius 2 is 2.05 bits per heavy atom. The molecule has 1 fully saturated rings. The number of nitrogens with one attached hydrogen (secondary N) is 2. The summed E-state index contributed by atoms with van der Waals surface area (Å²) >= 11 is 0. The highest BCUT2D eigenvalue weighted by atomic mass is 16.4. The average molecular weight is 258 g/mol. The van der Waals surface area contributed by atoms with Gasteiger partial charge in [-0.1, -0.05) is 24.3 Å². The molecule has 3 rings (SSSR count). The van der Waals surface area contributed by atoms with Gasteiger partial charge in [0.05, 0.1) is 12.1 Å². The molecule has 0 aliphatic heterocycles. The van der Waals surface area contributed by atoms with Crippen LogP contribution < -0.4 is 5.69 Å². The molecule has 19 heavy (non-hydrogen) atoms. The number of aromatic amines is 2. The van der Waals surface area contributed by atoms with Crippen LogP contribution in [0.25, 0.3) is 11.3 Å². The molecule has 1 heterocycles. The Labute approximate surface area is 109 Å². The lowest BCUT2D eigenvalue weighted by Crippen LogP contribution is -2.14. The maximum Gasteiger partial charge on any atom is 0.323 e. The number of hydrogen-bond acceptors (Lipinski definition) is 2. The summed E-state index contributed by atoms with van der Waals surface area (Å²) in [4.78, 5) is 27.5. The lowest BCUT2D eigenvalue weighted by molar-refractivity contribution is -0.137. The molecular formula is C14H14N2O3. The molecule has 1 aliphatic carbocycles. The van der Waals surface area contributed by atoms with Gasteiger partial charge < -0.3 is 15.1 Å². The van der Waals surface area contributed by atoms with E-state index in [-0.39, 0.29) is 17.5 Å². The molecule has 5 heteroatoms. The molecule has 0 spiro atoms. The van der Waals surface area contributed by atoms with Gasteiger partial charge in [0.2, 0.25) is 0 Å². The van der Waals surface area contributed by atoms with Crippen molar-refractivity contribution in [2.24, 2.45) is 0 Å². The van der Waals surface area contributed by atoms with Crippen molar-refractivity contribution in [3.63, 3.8) is 0 Å². The number of imidazole rings is 1. The third-order valence-electron chi connectivity index (χ3n) is 3.73. The minimum Gasteiger partial charge on any atom is -0.481 e. The minimum absolute atomic E-state index is 0.138. The molecule has 3 N–H and O–H groups in total. The second-order valence-electron chi connectivity index (χ2n) is 5.05. The molecule has 1 aliphatic rings. The second-order valence-corrected chi connectivity index (χ2v) is 5.05. The number of carboxylic acids is 1. The van der Waals surface area contributed by atoms with Crippen molar-refractivity contribution in [3.8, 4) is 11.3 Å². The second kappa shape index (κ2) is 4.12. The summed E-state index contributed by atoms with van der Waals surface area (Å²) < 4.78 is 0. The number of hydrogen-bond donors (Lipinski definition) is 3. The molecule has 0 bridgehead atoms. The molecule has 0 radical (unpaired) electrons. The first-order valence-corrected chi connectivity index (χ1v) is 6.20. The standard InChI is InChI=1S/C14H14N2O3/c17-12(18)7-14(5-6-14)10-4-2-1-3-9(10)11-8-15-13(19)16-11/h1-4,8H,5-7H2,(H,17,18)(H2,15,16,19). The van der Waals surface area contributed by atoms with Crippen LogP contribution in [-0.4, -0.2) is 21.0 Å². The van der Waals surface area contributed by atoms with E-state index >= 15 is 0 Å². The van der Waals surface area contributed by atoms with E-state index in [0.717, 1.165) is 24.0 Å². The van der Waals surface area contributed by atoms with Gasteiger partial charge in [-0.15, -0.1) is 0 Å². The number of carboxylic acid groups (broad SMARTS) is 1. The van der Waals surface area contributed by atoms with Gasteiger partial charge in [0, 0.05) is 17.2 Å². The summed E-state index contributed by atoms with van der Waals surface area (Å²) in [6.45, 7) is 0. The SMILES string of the molecule is O=C(O)CC1(c2ccccc2-c2c[nH]c(=O)[nH]2)CC1. The van der Waals surface area contributed by atoms with Crippen LogP contribution in [-0.2, 0) is 10.2 Å². The number of H-pyrrole nitrogens is 2. The molecule has 1 saturated carbocycles. The Balaban J connectivity index is 2.08. The van der Waals surface area contributed by atoms with Crippen LogP contribution in [0.15, 0.2) is 35.3 Å². The van der Waals surface area contributed by atoms with Gasteiger partial charge in [0.1, 0.15) is 0 Å². The highest BCUT2D eigenvalue weighted by molar-refractivity contribution is 5.73. The van der Waals surface area contributed by atoms with E-state index in [1.807, 2.05) is 24.3 Å². The molecule has 0 saturated heterocycles. The molecule has 0 unspecified atom stereocenters. The minimum atomic E-state index is -0.783. The summed E-state index contributed by atoms with van der Waals surface area (Å²) in [6, 6.07) is 7.67. The van der Waals surface area contributed by atoms with E-state index in [1.165, 1.54) is 0 Å². The van der Waals surface area contributed by atoms with Gasteiger partial charge in [-0.25, -0.2) is 4.79 Å². The van der Waals surface area contributed by atoms with Crippen molar-refractivity contribution in [1.29, 1.82) is 0 Å². The maximum absolute atomic E-state index is 11.2. The monoisotopic (exact) mass is 258 g/mol. The molecular weight excluding hydrogens is 244 g/mol. The van der Waals surface area contributed by atoms with E-state index in [1.54, 1.807) is 6.20 Å². The topological polar surface area (TPSA) is 85.9 Å². The van der Waals surface area contributed by atoms with Gasteiger partial charge >= 0.3 is 11.7 Å². The summed E-state index contributed by atoms with van der Waals surface area (Å²) in [5.74, 6) is -0.783. The number of aromatic nitrogens is 2. The van der Waals surface area contributed by atoms with Crippen molar-refractivity contribution in [3.05, 3.63) is 46.5 Å². The molecule has 2 aromatic rings. The van der Waals surface area contributed by atoms with E-state index < -0.39 is 5.97 Å². The summed E-state index contributed by atoms with van der Waals surface area (Å²) in [7, 11) is 0. The first-order valence-electron chi connectivity index (χ1n) is 6.20. The Hall–Kier alpha value is -2.30. The van der Waals surface area contributed by atoms with Gasteiger partial charge in [0.15, 0.2) is 0 Å². The third kappa shape index (κ3) is 2.07. The molecule has 98 valence electrons. The first-order chi connectivity index (χ1) is 9.11. The van der Waals surface area contributed by atoms with E-state index in [2.05, 4.69) is 9.97 Å². The van der Waals surface area contributed by atoms with Gasteiger partial charge in [0.25, 0.3) is 0 Å². The highest BCUT2D eigenvalue weighted by Gasteiger charge is 2.47. The van der Waals surface area contributed by atoms with Crippen LogP contribution in [0.5, 0.6) is 0 Å². The highest BCUT2D eigenvalue weighted by Crippen LogP contribution is 2.53. The molecule has 1 aromatic heterocycles. The summed E-state index contributed by atoms with van der Waals surface area (Å²) in [5, 5.41) is 9.05. The third-order valence-corrected chi connectivity index (χ3v) is 3.73. The predicted molar refractivity (Wildman–Crippen MR) is 70.0 cm³/mol. The van der Waals surface area contributed by atoms with Crippen LogP contribution in [0.2, 0.25) is 0 Å². The van der Waals surface area contributed by atoms with Gasteiger partial charge in [-0.3, -0.25) is 4.79 Å². The van der Waals surface area contributed by atoms with Gasteiger partial charge in [-0.05, 0) is 18.4 Å². The van der Waals surface area contributed by atoms with Crippen LogP contribution in [0, 0.1) is 0 Å². The zero-order chi connectivity index (χ0) is 13.5. The van der Waals surface area contributed by atoms with Crippen LogP contribution in [0.4, 0.5) is 0 Å². The van der Waals surface area contributed by atoms with Crippen LogP contribution >= 0.6 is 0 Å². The molecule has 0 amide bonds. The van der Waals surface area contributed by atoms with Crippen molar-refractivity contribution < 1.29 is 9.90 Å². The van der Waals surface area contributed by atoms with Gasteiger partial charge in [-0.2, -0.15) is 0 Å². The van der Waals surface area contributed by atoms with E-state index in [9.17, 15) is 9.59 Å². The van der Waals surface area contributed by atoms with Crippen molar-refractivity contribution in [2.75, 3.05) is 0 Å². The summed E-state index contributed by atoms with van der Waals surface area (Å²) in [6.07, 6.45) is 3.52. The van der Waals surface area contributed by atoms with Crippen molar-refractivity contribution >= 4 is 5.97 Å². The van der Waals surface area contributed by atoms with Crippen molar-refractivity contribution in [2.45, 2.75) is 24.7 Å². The molecule has 0 atom stereocenters. The number of benzene rings is 1. The smallest absolute Gasteiger partial charge is 0.323 e. The zero-order valence-corrected chi connectivity index (χ0v) is 10.3.